The number of hydrogen-bond acceptors (Lipinski definition) is 1. The summed E-state index contributed by atoms with van der Waals surface area (Å²) in [5, 5.41) is 2.54. The third-order valence-electron chi connectivity index (χ3n) is 15.6. The Morgan fingerprint density at radius 3 is 1.59 bits per heavy atom. The van der Waals surface area contributed by atoms with E-state index in [0.717, 1.165) is 23.5 Å². The van der Waals surface area contributed by atoms with E-state index < -0.39 is 0 Å². The molecule has 7 aromatic carbocycles. The van der Waals surface area contributed by atoms with Crippen LogP contribution in [0.15, 0.2) is 152 Å². The topological polar surface area (TPSA) is 8.17 Å². The van der Waals surface area contributed by atoms with Gasteiger partial charge < -0.3 is 9.47 Å². The first-order valence-corrected chi connectivity index (χ1v) is 27.3. The van der Waals surface area contributed by atoms with Crippen molar-refractivity contribution in [3.63, 3.8) is 0 Å². The lowest BCUT2D eigenvalue weighted by molar-refractivity contribution is 0.398. The zero-order chi connectivity index (χ0) is 47.6. The lowest BCUT2D eigenvalue weighted by atomic mass is 9.70. The normalized spacial score (nSPS) is 12.8. The Bertz CT molecular complexity index is 2900. The second kappa shape index (κ2) is 22.7. The van der Waals surface area contributed by atoms with Crippen LogP contribution in [0.2, 0.25) is 0 Å². The van der Waals surface area contributed by atoms with Gasteiger partial charge in [-0.1, -0.05) is 213 Å². The molecule has 0 atom stereocenters. The Hall–Kier alpha value is -5.86. The first kappa shape index (κ1) is 48.2. The molecule has 2 heteroatoms. The smallest absolute Gasteiger partial charge is 0.0542 e. The van der Waals surface area contributed by atoms with Crippen molar-refractivity contribution in [1.82, 2.24) is 4.57 Å². The monoisotopic (exact) mass is 911 g/mol. The van der Waals surface area contributed by atoms with E-state index in [1.54, 1.807) is 11.1 Å². The molecule has 0 amide bonds. The van der Waals surface area contributed by atoms with Crippen molar-refractivity contribution >= 4 is 38.9 Å². The molecule has 0 saturated carbocycles. The average molecular weight is 911 g/mol. The van der Waals surface area contributed by atoms with Crippen LogP contribution in [-0.2, 0) is 11.8 Å². The highest BCUT2D eigenvalue weighted by atomic mass is 15.1. The van der Waals surface area contributed by atoms with Gasteiger partial charge in [-0.25, -0.2) is 0 Å². The number of fused-ring (bicyclic) bond motifs is 6. The number of hydrogen-bond donors (Lipinski definition) is 0. The van der Waals surface area contributed by atoms with E-state index in [-0.39, 0.29) is 5.41 Å². The molecule has 0 bridgehead atoms. The van der Waals surface area contributed by atoms with Crippen molar-refractivity contribution in [2.75, 3.05) is 4.90 Å². The summed E-state index contributed by atoms with van der Waals surface area (Å²) in [4.78, 5) is 2.44. The SMILES string of the molecule is CCCCCCCCC1(CCCCCCCC)c2cc(C)ccc2-c2ccc(-c3ccc(N(c4ccc(C)cc4)c4ccc5c(c4)c4ccccc4n5-c4ccc(CCCCCC)cc4)cc3)cc21. The Morgan fingerprint density at radius 2 is 0.928 bits per heavy atom. The Kier molecular flexibility index (Phi) is 15.9. The largest absolute Gasteiger partial charge is 0.310 e. The first-order chi connectivity index (χ1) is 33.9. The molecule has 9 rings (SSSR count). The minimum atomic E-state index is 0.0590. The van der Waals surface area contributed by atoms with Gasteiger partial charge in [0, 0.05) is 38.9 Å². The number of benzene rings is 7. The zero-order valence-corrected chi connectivity index (χ0v) is 42.8. The number of anilines is 3. The van der Waals surface area contributed by atoms with E-state index >= 15 is 0 Å². The number of nitrogens with zero attached hydrogens (tertiary/aromatic N) is 2. The van der Waals surface area contributed by atoms with Crippen LogP contribution in [0.5, 0.6) is 0 Å². The third-order valence-corrected chi connectivity index (χ3v) is 15.6. The molecule has 2 nitrogen and oxygen atoms in total. The minimum absolute atomic E-state index is 0.0590. The van der Waals surface area contributed by atoms with Gasteiger partial charge in [0.25, 0.3) is 0 Å². The number of rotatable bonds is 24. The number of unbranched alkanes of at least 4 members (excludes halogenated alkanes) is 13. The Balaban J connectivity index is 1.06. The van der Waals surface area contributed by atoms with Crippen LogP contribution in [-0.4, -0.2) is 4.57 Å². The highest BCUT2D eigenvalue weighted by molar-refractivity contribution is 6.10. The molecule has 1 heterocycles. The van der Waals surface area contributed by atoms with Crippen molar-refractivity contribution in [3.8, 4) is 27.9 Å². The van der Waals surface area contributed by atoms with Gasteiger partial charge in [-0.2, -0.15) is 0 Å². The van der Waals surface area contributed by atoms with Crippen molar-refractivity contribution in [2.24, 2.45) is 0 Å². The van der Waals surface area contributed by atoms with Gasteiger partial charge in [-0.15, -0.1) is 0 Å². The molecule has 69 heavy (non-hydrogen) atoms. The lowest BCUT2D eigenvalue weighted by Gasteiger charge is -2.33. The standard InChI is InChI=1S/C67H78N2/c1-6-9-12-15-17-22-45-67(46-23-18-16-13-10-7-2)63-47-51(5)29-42-59(63)60-43-34-54(48-64(60)67)53-32-39-56(40-33-53)68(55-35-27-50(4)28-36-55)58-41-44-66-62(49-58)61-25-20-21-26-65(61)69(66)57-37-30-52(31-38-57)24-19-14-11-8-3/h20-21,25-44,47-49H,6-19,22-24,45-46H2,1-5H3. The van der Waals surface area contributed by atoms with Gasteiger partial charge in [-0.05, 0) is 145 Å². The van der Waals surface area contributed by atoms with Crippen molar-refractivity contribution in [3.05, 3.63) is 179 Å². The summed E-state index contributed by atoms with van der Waals surface area (Å²) in [6, 6.07) is 58.5. The molecular weight excluding hydrogens is 833 g/mol. The predicted molar refractivity (Wildman–Crippen MR) is 300 cm³/mol. The summed E-state index contributed by atoms with van der Waals surface area (Å²) >= 11 is 0. The minimum Gasteiger partial charge on any atom is -0.310 e. The van der Waals surface area contributed by atoms with Gasteiger partial charge in [0.1, 0.15) is 0 Å². The van der Waals surface area contributed by atoms with E-state index in [2.05, 4.69) is 196 Å². The van der Waals surface area contributed by atoms with Gasteiger partial charge in [-0.3, -0.25) is 0 Å². The molecule has 0 saturated heterocycles. The Labute approximate surface area is 415 Å². The fourth-order valence-corrected chi connectivity index (χ4v) is 11.8. The molecule has 0 N–H and O–H groups in total. The molecule has 0 unspecified atom stereocenters. The molecular formula is C67H78N2. The summed E-state index contributed by atoms with van der Waals surface area (Å²) in [6.07, 6.45) is 24.8. The van der Waals surface area contributed by atoms with Crippen LogP contribution in [0.25, 0.3) is 49.7 Å². The predicted octanol–water partition coefficient (Wildman–Crippen LogP) is 20.4. The highest BCUT2D eigenvalue weighted by Gasteiger charge is 2.42. The van der Waals surface area contributed by atoms with Crippen LogP contribution >= 0.6 is 0 Å². The molecule has 0 fully saturated rings. The van der Waals surface area contributed by atoms with Gasteiger partial charge >= 0.3 is 0 Å². The van der Waals surface area contributed by atoms with Crippen LogP contribution < -0.4 is 4.90 Å². The molecule has 0 radical (unpaired) electrons. The van der Waals surface area contributed by atoms with Crippen LogP contribution in [0, 0.1) is 13.8 Å². The molecule has 1 aromatic heterocycles. The van der Waals surface area contributed by atoms with E-state index in [9.17, 15) is 0 Å². The summed E-state index contributed by atoms with van der Waals surface area (Å²) in [5.41, 5.74) is 20.0. The molecule has 0 aliphatic heterocycles. The molecule has 1 aliphatic carbocycles. The number of aryl methyl sites for hydroxylation is 3. The molecule has 356 valence electrons. The zero-order valence-electron chi connectivity index (χ0n) is 42.8. The van der Waals surface area contributed by atoms with Crippen molar-refractivity contribution in [1.29, 1.82) is 0 Å². The summed E-state index contributed by atoms with van der Waals surface area (Å²) in [6.45, 7) is 11.4. The maximum absolute atomic E-state index is 2.61. The summed E-state index contributed by atoms with van der Waals surface area (Å²) < 4.78 is 2.45. The second-order valence-electron chi connectivity index (χ2n) is 20.7. The fraction of sp³-hybridized carbons (Fsp3) is 0.373. The number of para-hydroxylation sites is 1. The van der Waals surface area contributed by atoms with E-state index in [0.29, 0.717) is 0 Å². The number of aromatic nitrogens is 1. The van der Waals surface area contributed by atoms with Crippen LogP contribution in [0.4, 0.5) is 17.1 Å². The maximum atomic E-state index is 2.61. The summed E-state index contributed by atoms with van der Waals surface area (Å²) in [5.74, 6) is 0. The molecule has 8 aromatic rings. The van der Waals surface area contributed by atoms with Gasteiger partial charge in [0.05, 0.1) is 11.0 Å². The van der Waals surface area contributed by atoms with E-state index in [1.807, 2.05) is 0 Å². The fourth-order valence-electron chi connectivity index (χ4n) is 11.8. The first-order valence-electron chi connectivity index (χ1n) is 27.3. The third kappa shape index (κ3) is 10.5. The van der Waals surface area contributed by atoms with Gasteiger partial charge in [0.2, 0.25) is 0 Å². The second-order valence-corrected chi connectivity index (χ2v) is 20.7. The molecule has 1 aliphatic rings. The quantitative estimate of drug-likeness (QED) is 0.0549. The van der Waals surface area contributed by atoms with Crippen molar-refractivity contribution < 1.29 is 0 Å². The van der Waals surface area contributed by atoms with Crippen LogP contribution in [0.3, 0.4) is 0 Å². The maximum Gasteiger partial charge on any atom is 0.0542 e. The average Bonchev–Trinajstić information content (AvgIpc) is 3.84. The van der Waals surface area contributed by atoms with E-state index in [1.165, 1.54) is 182 Å². The Morgan fingerprint density at radius 1 is 0.406 bits per heavy atom. The van der Waals surface area contributed by atoms with Crippen LogP contribution in [0.1, 0.15) is 164 Å². The summed E-state index contributed by atoms with van der Waals surface area (Å²) in [7, 11) is 0. The van der Waals surface area contributed by atoms with E-state index in [4.69, 9.17) is 0 Å². The molecule has 0 spiro atoms. The highest BCUT2D eigenvalue weighted by Crippen LogP contribution is 2.55. The van der Waals surface area contributed by atoms with Crippen molar-refractivity contribution in [2.45, 2.75) is 162 Å². The van der Waals surface area contributed by atoms with Gasteiger partial charge in [0.15, 0.2) is 0 Å². The lowest BCUT2D eigenvalue weighted by Crippen LogP contribution is -2.25.